The van der Waals surface area contributed by atoms with Crippen molar-refractivity contribution in [3.63, 3.8) is 0 Å². The minimum atomic E-state index is -0.0734. The summed E-state index contributed by atoms with van der Waals surface area (Å²) in [6.07, 6.45) is 0.603. The topological polar surface area (TPSA) is 59.6 Å². The summed E-state index contributed by atoms with van der Waals surface area (Å²) in [6, 6.07) is 6.00. The first kappa shape index (κ1) is 21.9. The zero-order chi connectivity index (χ0) is 17.5. The molecule has 1 amide bonds. The van der Waals surface area contributed by atoms with Gasteiger partial charge in [-0.2, -0.15) is 11.8 Å². The second-order valence-corrected chi connectivity index (χ2v) is 7.45. The number of amides is 1. The van der Waals surface area contributed by atoms with Gasteiger partial charge in [0.05, 0.1) is 19.3 Å². The molecule has 1 aromatic rings. The molecule has 0 radical (unpaired) electrons. The Labute approximate surface area is 161 Å². The Morgan fingerprint density at radius 3 is 2.72 bits per heavy atom. The van der Waals surface area contributed by atoms with Gasteiger partial charge in [0.25, 0.3) is 0 Å². The minimum absolute atomic E-state index is 0. The molecule has 1 aliphatic rings. The lowest BCUT2D eigenvalue weighted by atomic mass is 10.1. The van der Waals surface area contributed by atoms with Crippen LogP contribution in [0.2, 0.25) is 0 Å². The van der Waals surface area contributed by atoms with Gasteiger partial charge in [0.15, 0.2) is 11.5 Å². The van der Waals surface area contributed by atoms with E-state index in [0.717, 1.165) is 29.4 Å². The van der Waals surface area contributed by atoms with Crippen LogP contribution in [-0.2, 0) is 4.79 Å². The van der Waals surface area contributed by atoms with Crippen LogP contribution >= 0.6 is 24.2 Å². The Morgan fingerprint density at radius 1 is 1.36 bits per heavy atom. The lowest BCUT2D eigenvalue weighted by molar-refractivity contribution is -0.122. The monoisotopic (exact) mass is 388 g/mol. The summed E-state index contributed by atoms with van der Waals surface area (Å²) in [7, 11) is 1.63. The van der Waals surface area contributed by atoms with Crippen molar-refractivity contribution in [3.05, 3.63) is 23.8 Å². The first-order chi connectivity index (χ1) is 11.5. The largest absolute Gasteiger partial charge is 0.493 e. The number of rotatable bonds is 7. The molecule has 1 heterocycles. The van der Waals surface area contributed by atoms with Gasteiger partial charge in [-0.15, -0.1) is 12.4 Å². The van der Waals surface area contributed by atoms with Crippen LogP contribution in [-0.4, -0.2) is 43.2 Å². The maximum atomic E-state index is 12.2. The molecule has 0 aromatic heterocycles. The van der Waals surface area contributed by atoms with Gasteiger partial charge in [-0.25, -0.2) is 0 Å². The third-order valence-corrected chi connectivity index (χ3v) is 4.99. The van der Waals surface area contributed by atoms with Crippen LogP contribution in [0.25, 0.3) is 0 Å². The molecule has 0 bridgehead atoms. The van der Waals surface area contributed by atoms with Crippen LogP contribution in [0.15, 0.2) is 18.2 Å². The summed E-state index contributed by atoms with van der Waals surface area (Å²) in [5.41, 5.74) is 1.00. The highest BCUT2D eigenvalue weighted by atomic mass is 35.5. The molecule has 1 aliphatic heterocycles. The lowest BCUT2D eigenvalue weighted by Gasteiger charge is -2.24. The fraction of sp³-hybridized carbons (Fsp3) is 0.611. The minimum Gasteiger partial charge on any atom is -0.493 e. The van der Waals surface area contributed by atoms with Crippen molar-refractivity contribution in [2.75, 3.05) is 25.2 Å². The van der Waals surface area contributed by atoms with E-state index in [4.69, 9.17) is 9.47 Å². The van der Waals surface area contributed by atoms with Crippen molar-refractivity contribution in [2.24, 2.45) is 0 Å². The Hall–Kier alpha value is -1.11. The molecule has 2 atom stereocenters. The quantitative estimate of drug-likeness (QED) is 0.751. The number of carbonyl (C=O) groups excluding carboxylic acids is 1. The molecule has 2 rings (SSSR count). The Morgan fingerprint density at radius 2 is 2.12 bits per heavy atom. The highest BCUT2D eigenvalue weighted by Crippen LogP contribution is 2.31. The summed E-state index contributed by atoms with van der Waals surface area (Å²) in [5, 5.41) is 6.46. The van der Waals surface area contributed by atoms with Gasteiger partial charge in [-0.05, 0) is 38.5 Å². The second-order valence-electron chi connectivity index (χ2n) is 6.30. The van der Waals surface area contributed by atoms with Crippen molar-refractivity contribution < 1.29 is 14.3 Å². The van der Waals surface area contributed by atoms with Crippen LogP contribution in [0.4, 0.5) is 0 Å². The smallest absolute Gasteiger partial charge is 0.222 e. The Kier molecular flexibility index (Phi) is 9.46. The molecule has 0 spiro atoms. The number of halogens is 1. The van der Waals surface area contributed by atoms with E-state index in [9.17, 15) is 4.79 Å². The highest BCUT2D eigenvalue weighted by molar-refractivity contribution is 7.99. The summed E-state index contributed by atoms with van der Waals surface area (Å²) in [4.78, 5) is 12.2. The van der Waals surface area contributed by atoms with Gasteiger partial charge in [0, 0.05) is 30.5 Å². The third-order valence-electron chi connectivity index (χ3n) is 3.86. The number of hydrogen-bond acceptors (Lipinski definition) is 5. The van der Waals surface area contributed by atoms with E-state index in [1.165, 1.54) is 0 Å². The first-order valence-electron chi connectivity index (χ1n) is 8.44. The molecule has 2 unspecified atom stereocenters. The highest BCUT2D eigenvalue weighted by Gasteiger charge is 2.19. The summed E-state index contributed by atoms with van der Waals surface area (Å²) < 4.78 is 11.1. The van der Waals surface area contributed by atoms with Gasteiger partial charge < -0.3 is 20.1 Å². The second kappa shape index (κ2) is 10.8. The first-order valence-corrected chi connectivity index (χ1v) is 9.60. The van der Waals surface area contributed by atoms with E-state index in [1.54, 1.807) is 7.11 Å². The average Bonchev–Trinajstić information content (AvgIpc) is 2.55. The fourth-order valence-electron chi connectivity index (χ4n) is 2.66. The van der Waals surface area contributed by atoms with E-state index >= 15 is 0 Å². The number of ether oxygens (including phenoxy) is 2. The molecule has 5 nitrogen and oxygen atoms in total. The maximum Gasteiger partial charge on any atom is 0.222 e. The van der Waals surface area contributed by atoms with Crippen LogP contribution in [0, 0.1) is 0 Å². The number of carbonyl (C=O) groups is 1. The predicted octanol–water partition coefficient (Wildman–Crippen LogP) is 3.18. The molecule has 7 heteroatoms. The van der Waals surface area contributed by atoms with Crippen molar-refractivity contribution in [3.8, 4) is 11.5 Å². The van der Waals surface area contributed by atoms with Crippen molar-refractivity contribution >= 4 is 30.1 Å². The van der Waals surface area contributed by atoms with Crippen molar-refractivity contribution in [1.82, 2.24) is 10.6 Å². The summed E-state index contributed by atoms with van der Waals surface area (Å²) in [5.74, 6) is 3.60. The normalized spacial score (nSPS) is 18.2. The van der Waals surface area contributed by atoms with Gasteiger partial charge in [0.2, 0.25) is 5.91 Å². The molecule has 142 valence electrons. The predicted molar refractivity (Wildman–Crippen MR) is 106 cm³/mol. The van der Waals surface area contributed by atoms with E-state index in [0.29, 0.717) is 12.2 Å². The van der Waals surface area contributed by atoms with Crippen LogP contribution in [0.5, 0.6) is 11.5 Å². The third kappa shape index (κ3) is 6.96. The molecular weight excluding hydrogens is 360 g/mol. The van der Waals surface area contributed by atoms with Gasteiger partial charge in [-0.3, -0.25) is 4.79 Å². The molecule has 2 N–H and O–H groups in total. The van der Waals surface area contributed by atoms with Crippen LogP contribution in [0.1, 0.15) is 38.8 Å². The SMILES string of the molecule is COc1cc(C(C)NC(=O)CC2CSCCN2)ccc1OC(C)C.Cl. The summed E-state index contributed by atoms with van der Waals surface area (Å²) >= 11 is 1.90. The van der Waals surface area contributed by atoms with Crippen LogP contribution in [0.3, 0.4) is 0 Å². The van der Waals surface area contributed by atoms with Gasteiger partial charge >= 0.3 is 0 Å². The number of nitrogens with one attached hydrogen (secondary N) is 2. The number of hydrogen-bond donors (Lipinski definition) is 2. The van der Waals surface area contributed by atoms with Gasteiger partial charge in [-0.1, -0.05) is 6.07 Å². The molecule has 25 heavy (non-hydrogen) atoms. The van der Waals surface area contributed by atoms with E-state index < -0.39 is 0 Å². The summed E-state index contributed by atoms with van der Waals surface area (Å²) in [6.45, 7) is 6.92. The Balaban J connectivity index is 0.00000312. The van der Waals surface area contributed by atoms with E-state index in [1.807, 2.05) is 50.7 Å². The molecule has 0 aliphatic carbocycles. The number of benzene rings is 1. The molecular formula is C18H29ClN2O3S. The Bertz CT molecular complexity index is 551. The molecule has 1 fully saturated rings. The zero-order valence-electron chi connectivity index (χ0n) is 15.3. The number of methoxy groups -OCH3 is 1. The fourth-order valence-corrected chi connectivity index (χ4v) is 3.61. The van der Waals surface area contributed by atoms with Crippen LogP contribution < -0.4 is 20.1 Å². The lowest BCUT2D eigenvalue weighted by Crippen LogP contribution is -2.41. The molecule has 1 saturated heterocycles. The number of thioether (sulfide) groups is 1. The average molecular weight is 389 g/mol. The van der Waals surface area contributed by atoms with Crippen molar-refractivity contribution in [2.45, 2.75) is 45.4 Å². The standard InChI is InChI=1S/C18H28N2O3S.ClH/c1-12(2)23-16-6-5-14(9-17(16)22-4)13(3)20-18(21)10-15-11-24-8-7-19-15;/h5-6,9,12-13,15,19H,7-8,10-11H2,1-4H3,(H,20,21);1H. The van der Waals surface area contributed by atoms with E-state index in [2.05, 4.69) is 10.6 Å². The van der Waals surface area contributed by atoms with E-state index in [-0.39, 0.29) is 36.5 Å². The zero-order valence-corrected chi connectivity index (χ0v) is 17.0. The maximum absolute atomic E-state index is 12.2. The van der Waals surface area contributed by atoms with Gasteiger partial charge in [0.1, 0.15) is 0 Å². The van der Waals surface area contributed by atoms with Crippen molar-refractivity contribution in [1.29, 1.82) is 0 Å². The molecule has 0 saturated carbocycles. The molecule has 1 aromatic carbocycles.